The van der Waals surface area contributed by atoms with Gasteiger partial charge in [-0.3, -0.25) is 19.7 Å². The molecule has 0 bridgehead atoms. The molecule has 13 nitrogen and oxygen atoms in total. The molecule has 0 amide bonds. The Bertz CT molecular complexity index is 5510. The molecule has 0 unspecified atom stereocenters. The molecule has 110 heavy (non-hydrogen) atoms. The number of ketones is 1. The summed E-state index contributed by atoms with van der Waals surface area (Å²) >= 11 is 0. The molecular weight excluding hydrogens is 2260 g/mol. The van der Waals surface area contributed by atoms with Crippen molar-refractivity contribution in [2.24, 2.45) is 0 Å². The van der Waals surface area contributed by atoms with Crippen molar-refractivity contribution in [1.29, 1.82) is 0 Å². The SMILES string of the molecule is CC(=O)C=C(C)O.CC1(C)c2ccccc2-c2c[c-]c(-c3nccc4ccccc34)cc21.CN1[CH-]N(c2[c-]cccc2)c2ccccc21.Cc1cc(-c2ccccn2)[n-]n1.Cc1cc(-c2ccccn2)[n-]n1.Cc1cccc2nc(-c3[c-]cccc3)ccc12.[Ir].[Ir].[Ir].[Ir].[Pt+2].[c-]1ccccc1-c1nccc2ccccc12. The molecule has 7 aromatic heterocycles. The van der Waals surface area contributed by atoms with Crippen LogP contribution in [0.2, 0.25) is 0 Å². The zero-order chi connectivity index (χ0) is 73.1. The number of carbonyl (C=O) groups is 1. The summed E-state index contributed by atoms with van der Waals surface area (Å²) in [5, 5.41) is 30.1. The Morgan fingerprint density at radius 2 is 1.00 bits per heavy atom. The summed E-state index contributed by atoms with van der Waals surface area (Å²) in [6.45, 7) is 15.5. The van der Waals surface area contributed by atoms with Crippen LogP contribution in [0.1, 0.15) is 55.8 Å². The van der Waals surface area contributed by atoms with Gasteiger partial charge in [-0.05, 0) is 151 Å². The van der Waals surface area contributed by atoms with E-state index in [9.17, 15) is 4.79 Å². The van der Waals surface area contributed by atoms with Crippen molar-refractivity contribution in [2.75, 3.05) is 16.8 Å². The number of pyridine rings is 5. The van der Waals surface area contributed by atoms with Gasteiger partial charge in [-0.15, -0.1) is 107 Å². The van der Waals surface area contributed by atoms with Crippen LogP contribution in [0.4, 0.5) is 17.1 Å². The molecule has 0 saturated carbocycles. The van der Waals surface area contributed by atoms with E-state index >= 15 is 0 Å². The van der Waals surface area contributed by atoms with Crippen LogP contribution >= 0.6 is 0 Å². The smallest absolute Gasteiger partial charge is 0.574 e. The van der Waals surface area contributed by atoms with E-state index in [2.05, 4.69) is 247 Å². The molecule has 8 heterocycles. The van der Waals surface area contributed by atoms with Crippen LogP contribution in [0.3, 0.4) is 0 Å². The Morgan fingerprint density at radius 3 is 1.53 bits per heavy atom. The Labute approximate surface area is 712 Å². The van der Waals surface area contributed by atoms with Crippen LogP contribution in [0, 0.1) is 51.7 Å². The number of aromatic nitrogens is 9. The third-order valence-corrected chi connectivity index (χ3v) is 17.4. The van der Waals surface area contributed by atoms with Crippen LogP contribution in [-0.2, 0) is 112 Å². The summed E-state index contributed by atoms with van der Waals surface area (Å²) in [5.41, 5.74) is 22.6. The van der Waals surface area contributed by atoms with Gasteiger partial charge in [0.1, 0.15) is 0 Å². The Morgan fingerprint density at radius 1 is 0.473 bits per heavy atom. The van der Waals surface area contributed by atoms with E-state index in [0.29, 0.717) is 0 Å². The van der Waals surface area contributed by atoms with Crippen LogP contribution < -0.4 is 20.0 Å². The molecule has 1 aliphatic heterocycles. The standard InChI is InChI=1S/C24H18N.C16H12N.C15H10N.C14H12N2.2C9H8N3.C5H8O2.4Ir.Pt/c1-24(2)21-10-6-5-9-19(21)20-12-11-17(15-22(20)24)23-18-8-4-3-7-16(18)13-14-25-23;1-12-6-5-9-16-14(12)10-11-15(17-16)13-7-3-2-4-8-13;1-2-7-13(8-3-1)15-14-9-5-4-6-12(14)10-11-16-15;1-15-11-16(12-7-3-2-4-8-12)14-10-6-5-9-13(14)15;2*1-7-6-9(12-11-7)8-4-2-3-5-10-8;1-4(6)3-5(2)7;;;;;/h3-10,12-15H,1-2H3;2-7,9-11H,1H3;1-7,9-11H;2-7,9-11H,1H3;2*2-6H,1H3;3,6H,1-2H3;;;;;/q3*-1;-2;2*-1;;;;;;+2. The number of benzene rings is 9. The third kappa shape index (κ3) is 22.2. The van der Waals surface area contributed by atoms with Crippen LogP contribution in [0.25, 0.3) is 100 Å². The van der Waals surface area contributed by atoms with Crippen molar-refractivity contribution in [2.45, 2.75) is 53.9 Å². The third-order valence-electron chi connectivity index (χ3n) is 17.4. The van der Waals surface area contributed by atoms with E-state index in [0.717, 1.165) is 79.1 Å². The fraction of sp³-hybridized carbons (Fsp3) is 0.0978. The first-order chi connectivity index (χ1) is 51.2. The number of aliphatic hydroxyl groups excluding tert-OH is 1. The summed E-state index contributed by atoms with van der Waals surface area (Å²) in [5.74, 6) is -0.0625. The first-order valence-corrected chi connectivity index (χ1v) is 34.4. The van der Waals surface area contributed by atoms with Gasteiger partial charge < -0.3 is 45.3 Å². The van der Waals surface area contributed by atoms with E-state index in [4.69, 9.17) is 5.11 Å². The number of rotatable bonds is 7. The van der Waals surface area contributed by atoms with Gasteiger partial charge in [-0.1, -0.05) is 170 Å². The summed E-state index contributed by atoms with van der Waals surface area (Å²) < 4.78 is 0. The molecule has 1 N–H and O–H groups in total. The number of carbonyl (C=O) groups excluding carboxylic acids is 1. The van der Waals surface area contributed by atoms with Gasteiger partial charge in [0.05, 0.1) is 11.3 Å². The van der Waals surface area contributed by atoms with E-state index in [1.165, 1.54) is 86.0 Å². The number of nitrogens with zero attached hydrogens (tertiary/aromatic N) is 11. The summed E-state index contributed by atoms with van der Waals surface area (Å²) in [6, 6.07) is 105. The summed E-state index contributed by atoms with van der Waals surface area (Å²) in [7, 11) is 2.06. The number of allylic oxidation sites excluding steroid dienone is 2. The second-order valence-corrected chi connectivity index (χ2v) is 25.4. The van der Waals surface area contributed by atoms with Crippen LogP contribution in [-0.4, -0.2) is 53.1 Å². The number of hydrogen-bond acceptors (Lipinski definition) is 11. The second kappa shape index (κ2) is 42.3. The average Bonchev–Trinajstić information content (AvgIpc) is 1.58. The molecule has 9 aromatic carbocycles. The zero-order valence-electron chi connectivity index (χ0n) is 61.4. The number of aliphatic hydroxyl groups is 1. The maximum Gasteiger partial charge on any atom is 2.00 e. The zero-order valence-corrected chi connectivity index (χ0v) is 73.2. The number of anilines is 3. The van der Waals surface area contributed by atoms with Crippen molar-refractivity contribution in [3.05, 3.63) is 369 Å². The minimum atomic E-state index is -0.125. The van der Waals surface area contributed by atoms with Crippen LogP contribution in [0.5, 0.6) is 0 Å². The van der Waals surface area contributed by atoms with Gasteiger partial charge in [0.2, 0.25) is 0 Å². The molecule has 1 aliphatic carbocycles. The van der Waals surface area contributed by atoms with Gasteiger partial charge >= 0.3 is 21.1 Å². The van der Waals surface area contributed by atoms with Gasteiger partial charge in [-0.2, -0.15) is 37.0 Å². The molecule has 0 spiro atoms. The van der Waals surface area contributed by atoms with Crippen molar-refractivity contribution in [3.8, 4) is 67.7 Å². The fourth-order valence-electron chi connectivity index (χ4n) is 12.3. The van der Waals surface area contributed by atoms with Crippen molar-refractivity contribution in [3.63, 3.8) is 0 Å². The number of aryl methyl sites for hydroxylation is 3. The predicted octanol–water partition coefficient (Wildman–Crippen LogP) is 20.8. The van der Waals surface area contributed by atoms with Gasteiger partial charge in [0.25, 0.3) is 0 Å². The fourth-order valence-corrected chi connectivity index (χ4v) is 12.3. The first kappa shape index (κ1) is 87.3. The van der Waals surface area contributed by atoms with Gasteiger partial charge in [-0.25, -0.2) is 0 Å². The van der Waals surface area contributed by atoms with Crippen molar-refractivity contribution in [1.82, 2.24) is 45.3 Å². The molecule has 0 fully saturated rings. The van der Waals surface area contributed by atoms with Crippen molar-refractivity contribution < 1.29 is 111 Å². The van der Waals surface area contributed by atoms with E-state index < -0.39 is 0 Å². The van der Waals surface area contributed by atoms with Crippen LogP contribution in [0.15, 0.2) is 310 Å². The van der Waals surface area contributed by atoms with E-state index in [-0.39, 0.29) is 118 Å². The quantitative estimate of drug-likeness (QED) is 0.0912. The van der Waals surface area contributed by atoms with E-state index in [1.54, 1.807) is 12.4 Å². The average molecular weight is 2330 g/mol. The molecule has 16 aromatic rings. The largest absolute Gasteiger partial charge is 2.00 e. The van der Waals surface area contributed by atoms with Gasteiger partial charge in [0, 0.05) is 151 Å². The maximum absolute atomic E-state index is 10.0. The summed E-state index contributed by atoms with van der Waals surface area (Å²) in [4.78, 5) is 36.4. The minimum Gasteiger partial charge on any atom is -0.574 e. The normalized spacial score (nSPS) is 11.4. The molecular formula is C92H76Ir4N11O2Pt-5. The molecule has 18 rings (SSSR count). The molecule has 0 atom stereocenters. The molecule has 562 valence electrons. The number of para-hydroxylation sites is 3. The number of fused-ring (bicyclic) bond motifs is 7. The van der Waals surface area contributed by atoms with Crippen molar-refractivity contribution >= 4 is 55.3 Å². The monoisotopic (exact) mass is 2330 g/mol. The Hall–Kier alpha value is -9.97. The first-order valence-electron chi connectivity index (χ1n) is 34.4. The second-order valence-electron chi connectivity index (χ2n) is 25.4. The maximum atomic E-state index is 10.0. The van der Waals surface area contributed by atoms with Gasteiger partial charge in [0.15, 0.2) is 5.78 Å². The molecule has 4 radical (unpaired) electrons. The minimum absolute atomic E-state index is 0. The Kier molecular flexibility index (Phi) is 33.5. The molecule has 2 aliphatic rings. The number of hydrogen-bond donors (Lipinski definition) is 1. The summed E-state index contributed by atoms with van der Waals surface area (Å²) in [6.07, 6.45) is 8.40. The Balaban J connectivity index is 0.000000182. The molecule has 0 saturated heterocycles. The molecule has 18 heteroatoms. The predicted molar refractivity (Wildman–Crippen MR) is 425 cm³/mol. The van der Waals surface area contributed by atoms with E-state index in [1.807, 2.05) is 166 Å². The topological polar surface area (TPSA) is 162 Å².